The van der Waals surface area contributed by atoms with Crippen LogP contribution in [0.1, 0.15) is 11.7 Å². The molecule has 1 unspecified atom stereocenters. The molecule has 1 saturated heterocycles. The maximum Gasteiger partial charge on any atom is 0.313 e. The minimum absolute atomic E-state index is 0.206. The Kier molecular flexibility index (Phi) is 6.80. The number of nitrogens with one attached hydrogen (secondary N) is 2. The Labute approximate surface area is 168 Å². The van der Waals surface area contributed by atoms with Crippen LogP contribution in [-0.4, -0.2) is 56.0 Å². The molecule has 3 amide bonds. The number of anilines is 1. The highest BCUT2D eigenvalue weighted by atomic mass is 16.5. The second-order valence-electron chi connectivity index (χ2n) is 6.48. The third kappa shape index (κ3) is 5.55. The van der Waals surface area contributed by atoms with E-state index in [1.54, 1.807) is 29.2 Å². The van der Waals surface area contributed by atoms with Gasteiger partial charge in [0.2, 0.25) is 5.91 Å². The number of hydrogen-bond donors (Lipinski definition) is 2. The Hall–Kier alpha value is -3.39. The molecule has 1 heterocycles. The van der Waals surface area contributed by atoms with Gasteiger partial charge in [0.1, 0.15) is 11.9 Å². The third-order valence-corrected chi connectivity index (χ3v) is 4.54. The van der Waals surface area contributed by atoms with Crippen LogP contribution >= 0.6 is 0 Å². The summed E-state index contributed by atoms with van der Waals surface area (Å²) in [6.07, 6.45) is -0.206. The van der Waals surface area contributed by atoms with Gasteiger partial charge in [0.15, 0.2) is 0 Å². The number of carbonyl (C=O) groups excluding carboxylic acids is 3. The van der Waals surface area contributed by atoms with Crippen molar-refractivity contribution in [1.29, 1.82) is 0 Å². The maximum absolute atomic E-state index is 12.4. The van der Waals surface area contributed by atoms with Gasteiger partial charge >= 0.3 is 11.8 Å². The van der Waals surface area contributed by atoms with E-state index in [1.807, 2.05) is 30.3 Å². The standard InChI is InChI=1S/C21H23N3O5/c1-28-17-9-7-16(8-10-17)23-21(27)20(26)22-13-19(25)24-11-12-29-18(14-24)15-5-3-2-4-6-15/h2-10,18H,11-14H2,1H3,(H,22,26)(H,23,27). The van der Waals surface area contributed by atoms with Gasteiger partial charge in [-0.05, 0) is 29.8 Å². The van der Waals surface area contributed by atoms with Crippen LogP contribution in [0.15, 0.2) is 54.6 Å². The lowest BCUT2D eigenvalue weighted by Crippen LogP contribution is -2.48. The first-order chi connectivity index (χ1) is 14.1. The average Bonchev–Trinajstić information content (AvgIpc) is 2.78. The predicted molar refractivity (Wildman–Crippen MR) is 106 cm³/mol. The molecule has 152 valence electrons. The molecule has 2 aromatic carbocycles. The van der Waals surface area contributed by atoms with Crippen LogP contribution in [-0.2, 0) is 19.1 Å². The van der Waals surface area contributed by atoms with Gasteiger partial charge in [-0.1, -0.05) is 30.3 Å². The van der Waals surface area contributed by atoms with Crippen molar-refractivity contribution in [3.05, 3.63) is 60.2 Å². The van der Waals surface area contributed by atoms with E-state index in [0.717, 1.165) is 5.56 Å². The van der Waals surface area contributed by atoms with Crippen LogP contribution in [0.4, 0.5) is 5.69 Å². The minimum Gasteiger partial charge on any atom is -0.497 e. The van der Waals surface area contributed by atoms with Crippen molar-refractivity contribution in [3.63, 3.8) is 0 Å². The molecular formula is C21H23N3O5. The van der Waals surface area contributed by atoms with E-state index in [9.17, 15) is 14.4 Å². The van der Waals surface area contributed by atoms with Gasteiger partial charge in [-0.3, -0.25) is 14.4 Å². The van der Waals surface area contributed by atoms with Crippen LogP contribution in [0.25, 0.3) is 0 Å². The zero-order chi connectivity index (χ0) is 20.6. The molecule has 2 aromatic rings. The molecule has 1 aliphatic heterocycles. The van der Waals surface area contributed by atoms with E-state index < -0.39 is 11.8 Å². The van der Waals surface area contributed by atoms with Crippen molar-refractivity contribution < 1.29 is 23.9 Å². The fourth-order valence-corrected chi connectivity index (χ4v) is 2.96. The molecule has 2 N–H and O–H groups in total. The molecule has 0 aliphatic carbocycles. The summed E-state index contributed by atoms with van der Waals surface area (Å²) in [5.41, 5.74) is 1.45. The number of benzene rings is 2. The van der Waals surface area contributed by atoms with E-state index >= 15 is 0 Å². The van der Waals surface area contributed by atoms with E-state index in [2.05, 4.69) is 10.6 Å². The smallest absolute Gasteiger partial charge is 0.313 e. The van der Waals surface area contributed by atoms with Gasteiger partial charge in [-0.2, -0.15) is 0 Å². The van der Waals surface area contributed by atoms with E-state index in [1.165, 1.54) is 7.11 Å². The zero-order valence-electron chi connectivity index (χ0n) is 16.1. The van der Waals surface area contributed by atoms with Crippen LogP contribution in [0, 0.1) is 0 Å². The minimum atomic E-state index is -0.873. The average molecular weight is 397 g/mol. The Balaban J connectivity index is 1.47. The molecule has 0 radical (unpaired) electrons. The molecule has 0 aromatic heterocycles. The summed E-state index contributed by atoms with van der Waals surface area (Å²) < 4.78 is 10.8. The summed E-state index contributed by atoms with van der Waals surface area (Å²) in [4.78, 5) is 38.1. The lowest BCUT2D eigenvalue weighted by molar-refractivity contribution is -0.141. The summed E-state index contributed by atoms with van der Waals surface area (Å²) in [5.74, 6) is -1.34. The van der Waals surface area contributed by atoms with Crippen molar-refractivity contribution in [2.75, 3.05) is 38.7 Å². The molecule has 0 bridgehead atoms. The lowest BCUT2D eigenvalue weighted by atomic mass is 10.1. The first-order valence-corrected chi connectivity index (χ1v) is 9.24. The number of rotatable bonds is 5. The highest BCUT2D eigenvalue weighted by molar-refractivity contribution is 6.39. The first-order valence-electron chi connectivity index (χ1n) is 9.24. The van der Waals surface area contributed by atoms with Gasteiger partial charge in [0, 0.05) is 12.2 Å². The summed E-state index contributed by atoms with van der Waals surface area (Å²) in [6.45, 7) is 1.00. The summed E-state index contributed by atoms with van der Waals surface area (Å²) in [6, 6.07) is 16.2. The summed E-state index contributed by atoms with van der Waals surface area (Å²) in [5, 5.41) is 4.84. The molecule has 8 heteroatoms. The van der Waals surface area contributed by atoms with Crippen molar-refractivity contribution in [2.45, 2.75) is 6.10 Å². The number of nitrogens with zero attached hydrogens (tertiary/aromatic N) is 1. The SMILES string of the molecule is COc1ccc(NC(=O)C(=O)NCC(=O)N2CCOC(c3ccccc3)C2)cc1. The topological polar surface area (TPSA) is 97.0 Å². The molecular weight excluding hydrogens is 374 g/mol. The van der Waals surface area contributed by atoms with Gasteiger partial charge in [-0.15, -0.1) is 0 Å². The molecule has 8 nitrogen and oxygen atoms in total. The number of hydrogen-bond acceptors (Lipinski definition) is 5. The lowest BCUT2D eigenvalue weighted by Gasteiger charge is -2.33. The molecule has 0 saturated carbocycles. The summed E-state index contributed by atoms with van der Waals surface area (Å²) >= 11 is 0. The fourth-order valence-electron chi connectivity index (χ4n) is 2.96. The molecule has 1 fully saturated rings. The highest BCUT2D eigenvalue weighted by Crippen LogP contribution is 2.21. The quantitative estimate of drug-likeness (QED) is 0.743. The molecule has 3 rings (SSSR count). The monoisotopic (exact) mass is 397 g/mol. The van der Waals surface area contributed by atoms with Crippen molar-refractivity contribution in [1.82, 2.24) is 10.2 Å². The number of methoxy groups -OCH3 is 1. The maximum atomic E-state index is 12.4. The number of morpholine rings is 1. The molecule has 0 spiro atoms. The van der Waals surface area contributed by atoms with Gasteiger partial charge in [-0.25, -0.2) is 0 Å². The van der Waals surface area contributed by atoms with Crippen LogP contribution in [0.2, 0.25) is 0 Å². The van der Waals surface area contributed by atoms with Gasteiger partial charge < -0.3 is 25.0 Å². The number of carbonyl (C=O) groups is 3. The summed E-state index contributed by atoms with van der Waals surface area (Å²) in [7, 11) is 1.54. The number of ether oxygens (including phenoxy) is 2. The van der Waals surface area contributed by atoms with E-state index in [4.69, 9.17) is 9.47 Å². The van der Waals surface area contributed by atoms with Crippen molar-refractivity contribution >= 4 is 23.4 Å². The largest absolute Gasteiger partial charge is 0.497 e. The molecule has 29 heavy (non-hydrogen) atoms. The predicted octanol–water partition coefficient (Wildman–Crippen LogP) is 1.35. The van der Waals surface area contributed by atoms with Crippen molar-refractivity contribution in [3.8, 4) is 5.75 Å². The molecule has 1 aliphatic rings. The Morgan fingerprint density at radius 3 is 2.48 bits per heavy atom. The normalized spacial score (nSPS) is 16.0. The number of amides is 3. The molecule has 1 atom stereocenters. The van der Waals surface area contributed by atoms with Gasteiger partial charge in [0.25, 0.3) is 0 Å². The third-order valence-electron chi connectivity index (χ3n) is 4.54. The Morgan fingerprint density at radius 2 is 1.79 bits per heavy atom. The van der Waals surface area contributed by atoms with E-state index in [0.29, 0.717) is 31.1 Å². The van der Waals surface area contributed by atoms with Gasteiger partial charge in [0.05, 0.1) is 26.8 Å². The second-order valence-corrected chi connectivity index (χ2v) is 6.48. The highest BCUT2D eigenvalue weighted by Gasteiger charge is 2.26. The Morgan fingerprint density at radius 1 is 1.07 bits per heavy atom. The fraction of sp³-hybridized carbons (Fsp3) is 0.286. The van der Waals surface area contributed by atoms with Crippen LogP contribution in [0.5, 0.6) is 5.75 Å². The van der Waals surface area contributed by atoms with Crippen molar-refractivity contribution in [2.24, 2.45) is 0 Å². The first kappa shape index (κ1) is 20.3. The zero-order valence-corrected chi connectivity index (χ0v) is 16.1. The van der Waals surface area contributed by atoms with Crippen LogP contribution < -0.4 is 15.4 Å². The Bertz CT molecular complexity index is 854. The second kappa shape index (κ2) is 9.70. The van der Waals surface area contributed by atoms with E-state index in [-0.39, 0.29) is 18.6 Å². The van der Waals surface area contributed by atoms with Crippen LogP contribution in [0.3, 0.4) is 0 Å².